The summed E-state index contributed by atoms with van der Waals surface area (Å²) in [5.74, 6) is 0.305. The first-order valence-electron chi connectivity index (χ1n) is 7.12. The second-order valence-corrected chi connectivity index (χ2v) is 4.75. The molecule has 0 fully saturated rings. The van der Waals surface area contributed by atoms with Gasteiger partial charge < -0.3 is 15.0 Å². The minimum absolute atomic E-state index is 0.177. The average molecular weight is 323 g/mol. The molecule has 0 aliphatic carbocycles. The monoisotopic (exact) mass is 323 g/mol. The zero-order chi connectivity index (χ0) is 17.4. The standard InChI is InChI=1S/C17H17N5O2/c1-24-17(23)14-6-4-13(5-7-14)12-22(15(19)3-2-8-18)16-11-20-9-10-21-16/h2-11,18-19H,12H2,1H3/b3-2-,18-8?,19-15?. The van der Waals surface area contributed by atoms with Gasteiger partial charge in [-0.25, -0.2) is 9.78 Å². The normalized spacial score (nSPS) is 10.4. The Kier molecular flexibility index (Phi) is 5.90. The molecule has 0 unspecified atom stereocenters. The van der Waals surface area contributed by atoms with Gasteiger partial charge in [0.1, 0.15) is 5.84 Å². The van der Waals surface area contributed by atoms with Crippen LogP contribution in [0.5, 0.6) is 0 Å². The maximum atomic E-state index is 11.5. The van der Waals surface area contributed by atoms with E-state index in [0.29, 0.717) is 17.9 Å². The van der Waals surface area contributed by atoms with E-state index in [1.54, 1.807) is 47.8 Å². The highest BCUT2D eigenvalue weighted by Gasteiger charge is 2.13. The first kappa shape index (κ1) is 17.0. The number of methoxy groups -OCH3 is 1. The van der Waals surface area contributed by atoms with Gasteiger partial charge in [0.15, 0.2) is 5.82 Å². The fourth-order valence-corrected chi connectivity index (χ4v) is 2.00. The predicted octanol–water partition coefficient (Wildman–Crippen LogP) is 2.45. The molecule has 0 aliphatic rings. The van der Waals surface area contributed by atoms with Crippen molar-refractivity contribution in [3.8, 4) is 0 Å². The highest BCUT2D eigenvalue weighted by Crippen LogP contribution is 2.15. The molecule has 0 saturated heterocycles. The van der Waals surface area contributed by atoms with Gasteiger partial charge in [-0.3, -0.25) is 10.4 Å². The number of carbonyl (C=O) groups is 1. The smallest absolute Gasteiger partial charge is 0.337 e. The molecule has 0 bridgehead atoms. The lowest BCUT2D eigenvalue weighted by atomic mass is 10.1. The molecule has 2 rings (SSSR count). The lowest BCUT2D eigenvalue weighted by Gasteiger charge is -2.22. The van der Waals surface area contributed by atoms with Crippen molar-refractivity contribution >= 4 is 23.8 Å². The van der Waals surface area contributed by atoms with Crippen LogP contribution < -0.4 is 4.90 Å². The maximum absolute atomic E-state index is 11.5. The molecule has 1 heterocycles. The minimum atomic E-state index is -0.394. The molecular formula is C17H17N5O2. The van der Waals surface area contributed by atoms with Crippen LogP contribution in [0.15, 0.2) is 55.0 Å². The molecule has 2 aromatic rings. The maximum Gasteiger partial charge on any atom is 0.337 e. The molecule has 0 saturated carbocycles. The largest absolute Gasteiger partial charge is 0.465 e. The number of nitrogens with one attached hydrogen (secondary N) is 2. The van der Waals surface area contributed by atoms with Gasteiger partial charge in [-0.2, -0.15) is 0 Å². The van der Waals surface area contributed by atoms with E-state index in [0.717, 1.165) is 11.8 Å². The molecule has 0 amide bonds. The highest BCUT2D eigenvalue weighted by atomic mass is 16.5. The van der Waals surface area contributed by atoms with Crippen molar-refractivity contribution in [3.63, 3.8) is 0 Å². The summed E-state index contributed by atoms with van der Waals surface area (Å²) in [6.45, 7) is 0.376. The Morgan fingerprint density at radius 1 is 1.29 bits per heavy atom. The minimum Gasteiger partial charge on any atom is -0.465 e. The average Bonchev–Trinajstić information content (AvgIpc) is 2.64. The van der Waals surface area contributed by atoms with Gasteiger partial charge in [0.25, 0.3) is 0 Å². The summed E-state index contributed by atoms with van der Waals surface area (Å²) >= 11 is 0. The fourth-order valence-electron chi connectivity index (χ4n) is 2.00. The van der Waals surface area contributed by atoms with Crippen molar-refractivity contribution < 1.29 is 9.53 Å². The number of rotatable bonds is 6. The Morgan fingerprint density at radius 3 is 2.62 bits per heavy atom. The van der Waals surface area contributed by atoms with E-state index in [4.69, 9.17) is 10.8 Å². The van der Waals surface area contributed by atoms with Crippen LogP contribution in [-0.4, -0.2) is 35.1 Å². The third kappa shape index (κ3) is 4.33. The molecule has 0 radical (unpaired) electrons. The molecule has 0 atom stereocenters. The third-order valence-electron chi connectivity index (χ3n) is 3.18. The number of hydrogen-bond acceptors (Lipinski definition) is 6. The number of esters is 1. The topological polar surface area (TPSA) is 103 Å². The number of benzene rings is 1. The lowest BCUT2D eigenvalue weighted by molar-refractivity contribution is 0.0600. The number of carbonyl (C=O) groups excluding carboxylic acids is 1. The molecule has 0 spiro atoms. The quantitative estimate of drug-likeness (QED) is 0.483. The predicted molar refractivity (Wildman–Crippen MR) is 91.6 cm³/mol. The van der Waals surface area contributed by atoms with Gasteiger partial charge in [-0.15, -0.1) is 0 Å². The van der Waals surface area contributed by atoms with Crippen molar-refractivity contribution in [3.05, 3.63) is 66.1 Å². The van der Waals surface area contributed by atoms with Crippen molar-refractivity contribution in [2.75, 3.05) is 12.0 Å². The summed E-state index contributed by atoms with van der Waals surface area (Å²) in [7, 11) is 1.34. The Bertz CT molecular complexity index is 741. The van der Waals surface area contributed by atoms with Crippen LogP contribution in [0.3, 0.4) is 0 Å². The second-order valence-electron chi connectivity index (χ2n) is 4.75. The Balaban J connectivity index is 2.25. The number of anilines is 1. The molecule has 1 aromatic carbocycles. The van der Waals surface area contributed by atoms with Crippen molar-refractivity contribution in [2.24, 2.45) is 0 Å². The van der Waals surface area contributed by atoms with Gasteiger partial charge in [0.05, 0.1) is 25.4 Å². The van der Waals surface area contributed by atoms with Crippen molar-refractivity contribution in [2.45, 2.75) is 6.54 Å². The molecule has 122 valence electrons. The molecular weight excluding hydrogens is 306 g/mol. The Hall–Kier alpha value is -3.35. The molecule has 7 heteroatoms. The highest BCUT2D eigenvalue weighted by molar-refractivity contribution is 6.04. The van der Waals surface area contributed by atoms with E-state index in [1.165, 1.54) is 19.3 Å². The first-order valence-corrected chi connectivity index (χ1v) is 7.12. The molecule has 0 aliphatic heterocycles. The zero-order valence-corrected chi connectivity index (χ0v) is 13.1. The second kappa shape index (κ2) is 8.33. The van der Waals surface area contributed by atoms with Crippen LogP contribution >= 0.6 is 0 Å². The van der Waals surface area contributed by atoms with E-state index < -0.39 is 5.97 Å². The van der Waals surface area contributed by atoms with Crippen molar-refractivity contribution in [1.29, 1.82) is 10.8 Å². The van der Waals surface area contributed by atoms with Gasteiger partial charge in [0.2, 0.25) is 0 Å². The van der Waals surface area contributed by atoms with E-state index in [2.05, 4.69) is 14.7 Å². The van der Waals surface area contributed by atoms with Gasteiger partial charge in [-0.1, -0.05) is 12.1 Å². The molecule has 1 aromatic heterocycles. The fraction of sp³-hybridized carbons (Fsp3) is 0.118. The van der Waals surface area contributed by atoms with Crippen LogP contribution in [0.2, 0.25) is 0 Å². The van der Waals surface area contributed by atoms with Crippen LogP contribution in [0.4, 0.5) is 5.82 Å². The molecule has 2 N–H and O–H groups in total. The number of aromatic nitrogens is 2. The molecule has 7 nitrogen and oxygen atoms in total. The third-order valence-corrected chi connectivity index (χ3v) is 3.18. The molecule has 24 heavy (non-hydrogen) atoms. The summed E-state index contributed by atoms with van der Waals surface area (Å²) in [4.78, 5) is 21.4. The Morgan fingerprint density at radius 2 is 2.04 bits per heavy atom. The van der Waals surface area contributed by atoms with Crippen LogP contribution in [0.1, 0.15) is 15.9 Å². The summed E-state index contributed by atoms with van der Waals surface area (Å²) in [6, 6.07) is 6.94. The number of nitrogens with zero attached hydrogens (tertiary/aromatic N) is 3. The number of amidine groups is 1. The van der Waals surface area contributed by atoms with E-state index in [9.17, 15) is 4.79 Å². The van der Waals surface area contributed by atoms with E-state index in [-0.39, 0.29) is 5.84 Å². The number of allylic oxidation sites excluding steroid dienone is 1. The zero-order valence-electron chi connectivity index (χ0n) is 13.1. The Labute approximate surface area is 139 Å². The summed E-state index contributed by atoms with van der Waals surface area (Å²) in [5, 5.41) is 15.2. The van der Waals surface area contributed by atoms with E-state index >= 15 is 0 Å². The van der Waals surface area contributed by atoms with Gasteiger partial charge in [-0.05, 0) is 29.8 Å². The number of hydrogen-bond donors (Lipinski definition) is 2. The SMILES string of the molecule is COC(=O)c1ccc(CN(C(=N)/C=C\C=N)c2cnccn2)cc1. The summed E-state index contributed by atoms with van der Waals surface area (Å²) < 4.78 is 4.68. The van der Waals surface area contributed by atoms with Crippen LogP contribution in [0.25, 0.3) is 0 Å². The van der Waals surface area contributed by atoms with Crippen molar-refractivity contribution in [1.82, 2.24) is 9.97 Å². The first-order chi connectivity index (χ1) is 11.7. The lowest BCUT2D eigenvalue weighted by Crippen LogP contribution is -2.29. The summed E-state index contributed by atoms with van der Waals surface area (Å²) in [6.07, 6.45) is 8.75. The van der Waals surface area contributed by atoms with Crippen LogP contribution in [-0.2, 0) is 11.3 Å². The summed E-state index contributed by atoms with van der Waals surface area (Å²) in [5.41, 5.74) is 1.35. The van der Waals surface area contributed by atoms with E-state index in [1.807, 2.05) is 0 Å². The van der Waals surface area contributed by atoms with Gasteiger partial charge >= 0.3 is 5.97 Å². The number of ether oxygens (including phenoxy) is 1. The van der Waals surface area contributed by atoms with Crippen LogP contribution in [0, 0.1) is 10.8 Å². The van der Waals surface area contributed by atoms with Gasteiger partial charge in [0, 0.05) is 18.6 Å².